The third kappa shape index (κ3) is 7.07. The second kappa shape index (κ2) is 14.8. The Hall–Kier alpha value is -4.35. The fourth-order valence-corrected chi connectivity index (χ4v) is 7.70. The molecule has 1 fully saturated rings. The SMILES string of the molecule is CCCCCOc1ccc([C@@H]2/C(=C(\O)c3ccc4c(c3)C[C@H](C)O4)C(=O)C(=O)N2c2nnc(SCc3ccc(C)cc3)s2)cc1OCC. The molecule has 0 saturated carbocycles. The van der Waals surface area contributed by atoms with Crippen LogP contribution < -0.4 is 19.1 Å². The smallest absolute Gasteiger partial charge is 0.301 e. The first kappa shape index (κ1) is 33.5. The zero-order chi connectivity index (χ0) is 33.8. The minimum Gasteiger partial charge on any atom is -0.507 e. The van der Waals surface area contributed by atoms with Crippen LogP contribution in [0, 0.1) is 6.92 Å². The number of aromatic nitrogens is 2. The Kier molecular flexibility index (Phi) is 10.4. The Bertz CT molecular complexity index is 1840. The average molecular weight is 686 g/mol. The molecule has 2 atom stereocenters. The zero-order valence-corrected chi connectivity index (χ0v) is 29.2. The largest absolute Gasteiger partial charge is 0.507 e. The maximum atomic E-state index is 13.9. The van der Waals surface area contributed by atoms with Crippen LogP contribution in [0.25, 0.3) is 5.76 Å². The van der Waals surface area contributed by atoms with E-state index >= 15 is 0 Å². The number of fused-ring (bicyclic) bond motifs is 1. The van der Waals surface area contributed by atoms with Crippen molar-refractivity contribution >= 4 is 45.7 Å². The molecule has 0 unspecified atom stereocenters. The van der Waals surface area contributed by atoms with E-state index in [1.165, 1.54) is 33.6 Å². The molecule has 1 aromatic heterocycles. The maximum absolute atomic E-state index is 13.9. The van der Waals surface area contributed by atoms with Gasteiger partial charge in [0.05, 0.1) is 24.8 Å². The van der Waals surface area contributed by atoms with Gasteiger partial charge in [-0.15, -0.1) is 10.2 Å². The van der Waals surface area contributed by atoms with E-state index in [0.717, 1.165) is 36.1 Å². The molecule has 3 aromatic carbocycles. The lowest BCUT2D eigenvalue weighted by Gasteiger charge is -2.23. The first-order valence-corrected chi connectivity index (χ1v) is 18.1. The van der Waals surface area contributed by atoms with Gasteiger partial charge in [-0.05, 0) is 74.2 Å². The molecule has 1 N–H and O–H groups in total. The standard InChI is InChI=1S/C37H39N3O6S2/c1-5-7-8-17-45-29-16-13-25(20-30(29)44-6-2)32-31(33(41)26-14-15-28-27(19-26)18-23(4)46-28)34(42)35(43)40(32)36-38-39-37(48-36)47-21-24-11-9-22(3)10-12-24/h9-16,19-20,23,32,41H,5-8,17-18,21H2,1-4H3/b33-31+/t23-,32+/m0/s1. The maximum Gasteiger partial charge on any atom is 0.301 e. The lowest BCUT2D eigenvalue weighted by atomic mass is 9.94. The summed E-state index contributed by atoms with van der Waals surface area (Å²) in [5.41, 5.74) is 4.22. The van der Waals surface area contributed by atoms with Crippen molar-refractivity contribution in [3.8, 4) is 17.2 Å². The van der Waals surface area contributed by atoms with Gasteiger partial charge < -0.3 is 19.3 Å². The summed E-state index contributed by atoms with van der Waals surface area (Å²) >= 11 is 2.74. The second-order valence-electron chi connectivity index (χ2n) is 11.9. The number of carbonyl (C=O) groups is 2. The van der Waals surface area contributed by atoms with E-state index in [4.69, 9.17) is 14.2 Å². The number of rotatable bonds is 13. The number of carbonyl (C=O) groups excluding carboxylic acids is 2. The van der Waals surface area contributed by atoms with Crippen LogP contribution in [0.15, 0.2) is 70.6 Å². The van der Waals surface area contributed by atoms with E-state index in [-0.39, 0.29) is 22.6 Å². The molecule has 250 valence electrons. The number of amides is 1. The number of aliphatic hydroxyl groups excluding tert-OH is 1. The molecule has 3 heterocycles. The number of aryl methyl sites for hydroxylation is 1. The third-order valence-electron chi connectivity index (χ3n) is 8.29. The van der Waals surface area contributed by atoms with Crippen LogP contribution in [-0.2, 0) is 21.8 Å². The van der Waals surface area contributed by atoms with E-state index in [9.17, 15) is 14.7 Å². The van der Waals surface area contributed by atoms with Crippen molar-refractivity contribution in [3.63, 3.8) is 0 Å². The highest BCUT2D eigenvalue weighted by Crippen LogP contribution is 2.46. The monoisotopic (exact) mass is 685 g/mol. The molecule has 1 saturated heterocycles. The Morgan fingerprint density at radius 2 is 1.83 bits per heavy atom. The summed E-state index contributed by atoms with van der Waals surface area (Å²) in [4.78, 5) is 29.1. The molecule has 2 aliphatic heterocycles. The molecule has 11 heteroatoms. The Morgan fingerprint density at radius 3 is 2.60 bits per heavy atom. The normalized spacial score (nSPS) is 18.2. The van der Waals surface area contributed by atoms with Gasteiger partial charge in [0.25, 0.3) is 5.78 Å². The van der Waals surface area contributed by atoms with E-state index in [2.05, 4.69) is 41.4 Å². The van der Waals surface area contributed by atoms with Gasteiger partial charge in [-0.25, -0.2) is 0 Å². The van der Waals surface area contributed by atoms with Crippen molar-refractivity contribution in [2.75, 3.05) is 18.1 Å². The summed E-state index contributed by atoms with van der Waals surface area (Å²) in [7, 11) is 0. The molecule has 2 aliphatic rings. The second-order valence-corrected chi connectivity index (χ2v) is 14.1. The van der Waals surface area contributed by atoms with Gasteiger partial charge in [-0.3, -0.25) is 14.5 Å². The number of hydrogen-bond acceptors (Lipinski definition) is 10. The van der Waals surface area contributed by atoms with Crippen molar-refractivity contribution < 1.29 is 28.9 Å². The van der Waals surface area contributed by atoms with Crippen molar-refractivity contribution in [1.82, 2.24) is 10.2 Å². The van der Waals surface area contributed by atoms with Crippen LogP contribution in [0.4, 0.5) is 5.13 Å². The fraction of sp³-hybridized carbons (Fsp3) is 0.351. The topological polar surface area (TPSA) is 111 Å². The van der Waals surface area contributed by atoms with E-state index in [1.54, 1.807) is 30.3 Å². The summed E-state index contributed by atoms with van der Waals surface area (Å²) in [6, 6.07) is 18.0. The number of thioether (sulfide) groups is 1. The van der Waals surface area contributed by atoms with Crippen molar-refractivity contribution in [1.29, 1.82) is 0 Å². The van der Waals surface area contributed by atoms with Gasteiger partial charge in [-0.2, -0.15) is 0 Å². The molecule has 0 bridgehead atoms. The summed E-state index contributed by atoms with van der Waals surface area (Å²) in [6.07, 6.45) is 3.73. The number of aliphatic hydroxyl groups is 1. The summed E-state index contributed by atoms with van der Waals surface area (Å²) < 4.78 is 18.5. The van der Waals surface area contributed by atoms with Gasteiger partial charge >= 0.3 is 5.91 Å². The first-order valence-electron chi connectivity index (χ1n) is 16.3. The van der Waals surface area contributed by atoms with Gasteiger partial charge in [0.2, 0.25) is 5.13 Å². The minimum absolute atomic E-state index is 0.0122. The number of hydrogen-bond donors (Lipinski definition) is 1. The Labute approximate surface area is 288 Å². The summed E-state index contributed by atoms with van der Waals surface area (Å²) in [6.45, 7) is 8.98. The molecule has 1 amide bonds. The number of ketones is 1. The number of anilines is 1. The molecule has 0 radical (unpaired) electrons. The third-order valence-corrected chi connectivity index (χ3v) is 10.4. The Morgan fingerprint density at radius 1 is 1.02 bits per heavy atom. The molecular weight excluding hydrogens is 647 g/mol. The van der Waals surface area contributed by atoms with Gasteiger partial charge in [-0.1, -0.05) is 78.8 Å². The number of Topliss-reactive ketones (excluding diaryl/α,β-unsaturated/α-hetero) is 1. The van der Waals surface area contributed by atoms with Crippen molar-refractivity contribution in [3.05, 3.63) is 94.1 Å². The number of unbranched alkanes of at least 4 members (excludes halogenated alkanes) is 2. The first-order chi connectivity index (χ1) is 23.3. The lowest BCUT2D eigenvalue weighted by Crippen LogP contribution is -2.29. The Balaban J connectivity index is 1.39. The molecule has 0 spiro atoms. The van der Waals surface area contributed by atoms with Crippen LogP contribution in [0.1, 0.15) is 73.9 Å². The van der Waals surface area contributed by atoms with Crippen molar-refractivity contribution in [2.45, 2.75) is 75.6 Å². The molecule has 6 rings (SSSR count). The van der Waals surface area contributed by atoms with Gasteiger partial charge in [0.15, 0.2) is 15.8 Å². The average Bonchev–Trinajstić information content (AvgIpc) is 3.77. The number of ether oxygens (including phenoxy) is 3. The van der Waals surface area contributed by atoms with E-state index < -0.39 is 17.7 Å². The highest BCUT2D eigenvalue weighted by atomic mass is 32.2. The summed E-state index contributed by atoms with van der Waals surface area (Å²) in [5, 5.41) is 20.8. The number of benzene rings is 3. The van der Waals surface area contributed by atoms with Crippen LogP contribution in [0.2, 0.25) is 0 Å². The highest BCUT2D eigenvalue weighted by Gasteiger charge is 2.48. The van der Waals surface area contributed by atoms with Crippen LogP contribution in [0.5, 0.6) is 17.2 Å². The van der Waals surface area contributed by atoms with E-state index in [0.29, 0.717) is 52.4 Å². The highest BCUT2D eigenvalue weighted by molar-refractivity contribution is 8.00. The number of nitrogens with zero attached hydrogens (tertiary/aromatic N) is 3. The molecular formula is C37H39N3O6S2. The predicted molar refractivity (Wildman–Crippen MR) is 188 cm³/mol. The van der Waals surface area contributed by atoms with Crippen LogP contribution in [-0.4, -0.2) is 46.3 Å². The molecule has 0 aliphatic carbocycles. The van der Waals surface area contributed by atoms with Crippen LogP contribution >= 0.6 is 23.1 Å². The van der Waals surface area contributed by atoms with Gasteiger partial charge in [0, 0.05) is 17.7 Å². The van der Waals surface area contributed by atoms with Gasteiger partial charge in [0.1, 0.15) is 17.6 Å². The zero-order valence-electron chi connectivity index (χ0n) is 27.5. The van der Waals surface area contributed by atoms with Crippen molar-refractivity contribution in [2.24, 2.45) is 0 Å². The predicted octanol–water partition coefficient (Wildman–Crippen LogP) is 8.06. The minimum atomic E-state index is -0.982. The molecule has 4 aromatic rings. The summed E-state index contributed by atoms with van der Waals surface area (Å²) in [5.74, 6) is 0.638. The molecule has 48 heavy (non-hydrogen) atoms. The lowest BCUT2D eigenvalue weighted by molar-refractivity contribution is -0.132. The quantitative estimate of drug-likeness (QED) is 0.0373. The van der Waals surface area contributed by atoms with Crippen LogP contribution in [0.3, 0.4) is 0 Å². The molecule has 9 nitrogen and oxygen atoms in total. The van der Waals surface area contributed by atoms with E-state index in [1.807, 2.05) is 26.8 Å². The fourth-order valence-electron chi connectivity index (χ4n) is 5.87.